The highest BCUT2D eigenvalue weighted by Crippen LogP contribution is 2.34. The number of aromatic hydroxyl groups is 1. The minimum absolute atomic E-state index is 0.000466. The molecule has 2 rings (SSSR count). The van der Waals surface area contributed by atoms with Crippen molar-refractivity contribution in [2.24, 2.45) is 5.92 Å². The van der Waals surface area contributed by atoms with Crippen molar-refractivity contribution < 1.29 is 15.0 Å². The molecule has 0 bridgehead atoms. The first-order chi connectivity index (χ1) is 7.61. The average Bonchev–Trinajstić information content (AvgIpc) is 2.60. The largest absolute Gasteiger partial charge is 0.506 e. The molecule has 1 heterocycles. The van der Waals surface area contributed by atoms with Crippen LogP contribution in [0.15, 0.2) is 22.7 Å². The molecule has 0 radical (unpaired) electrons. The first kappa shape index (κ1) is 11.4. The van der Waals surface area contributed by atoms with Crippen molar-refractivity contribution in [2.45, 2.75) is 6.42 Å². The van der Waals surface area contributed by atoms with Gasteiger partial charge in [0, 0.05) is 30.0 Å². The van der Waals surface area contributed by atoms with Crippen LogP contribution in [0.3, 0.4) is 0 Å². The highest BCUT2D eigenvalue weighted by Gasteiger charge is 2.31. The molecule has 1 saturated heterocycles. The van der Waals surface area contributed by atoms with Gasteiger partial charge in [0.05, 0.1) is 5.69 Å². The summed E-state index contributed by atoms with van der Waals surface area (Å²) in [6.45, 7) is 0.462. The van der Waals surface area contributed by atoms with E-state index in [1.165, 1.54) is 4.90 Å². The maximum Gasteiger partial charge on any atom is 0.227 e. The zero-order valence-electron chi connectivity index (χ0n) is 8.56. The van der Waals surface area contributed by atoms with E-state index >= 15 is 0 Å². The van der Waals surface area contributed by atoms with E-state index in [4.69, 9.17) is 5.11 Å². The summed E-state index contributed by atoms with van der Waals surface area (Å²) in [4.78, 5) is 13.2. The monoisotopic (exact) mass is 285 g/mol. The Balaban J connectivity index is 2.28. The third-order valence-corrected chi connectivity index (χ3v) is 3.18. The van der Waals surface area contributed by atoms with Crippen LogP contribution in [-0.4, -0.2) is 29.3 Å². The molecule has 1 aromatic carbocycles. The fourth-order valence-corrected chi connectivity index (χ4v) is 2.21. The van der Waals surface area contributed by atoms with Crippen LogP contribution in [0.2, 0.25) is 0 Å². The molecule has 1 aliphatic heterocycles. The molecule has 1 amide bonds. The highest BCUT2D eigenvalue weighted by molar-refractivity contribution is 9.10. The van der Waals surface area contributed by atoms with Gasteiger partial charge in [0.15, 0.2) is 0 Å². The number of hydrogen-bond acceptors (Lipinski definition) is 3. The number of rotatable bonds is 2. The number of hydrogen-bond donors (Lipinski definition) is 2. The zero-order chi connectivity index (χ0) is 11.7. The van der Waals surface area contributed by atoms with Crippen molar-refractivity contribution in [3.63, 3.8) is 0 Å². The normalized spacial score (nSPS) is 20.5. The second kappa shape index (κ2) is 4.43. The van der Waals surface area contributed by atoms with Crippen LogP contribution in [0, 0.1) is 5.92 Å². The summed E-state index contributed by atoms with van der Waals surface area (Å²) >= 11 is 3.24. The molecule has 1 aromatic rings. The Hall–Kier alpha value is -1.07. The van der Waals surface area contributed by atoms with E-state index < -0.39 is 0 Å². The van der Waals surface area contributed by atoms with E-state index in [0.29, 0.717) is 18.7 Å². The third kappa shape index (κ3) is 2.05. The Morgan fingerprint density at radius 3 is 2.81 bits per heavy atom. The van der Waals surface area contributed by atoms with E-state index in [-0.39, 0.29) is 24.2 Å². The fraction of sp³-hybridized carbons (Fsp3) is 0.364. The van der Waals surface area contributed by atoms with Gasteiger partial charge in [-0.05, 0) is 18.2 Å². The van der Waals surface area contributed by atoms with Gasteiger partial charge in [-0.3, -0.25) is 4.79 Å². The molecular weight excluding hydrogens is 274 g/mol. The summed E-state index contributed by atoms with van der Waals surface area (Å²) in [5.41, 5.74) is 0.504. The van der Waals surface area contributed by atoms with Crippen LogP contribution < -0.4 is 4.90 Å². The SMILES string of the molecule is O=C1CC(CO)CN1c1ccc(Br)cc1O. The first-order valence-electron chi connectivity index (χ1n) is 5.01. The van der Waals surface area contributed by atoms with Crippen LogP contribution in [0.4, 0.5) is 5.69 Å². The number of nitrogens with zero attached hydrogens (tertiary/aromatic N) is 1. The van der Waals surface area contributed by atoms with Crippen molar-refractivity contribution in [3.05, 3.63) is 22.7 Å². The molecule has 1 fully saturated rings. The number of amides is 1. The first-order valence-corrected chi connectivity index (χ1v) is 5.81. The number of aliphatic hydroxyl groups is 1. The lowest BCUT2D eigenvalue weighted by atomic mass is 10.1. The summed E-state index contributed by atoms with van der Waals surface area (Å²) in [6.07, 6.45) is 0.339. The van der Waals surface area contributed by atoms with Crippen LogP contribution in [0.25, 0.3) is 0 Å². The topological polar surface area (TPSA) is 60.8 Å². The molecule has 0 saturated carbocycles. The predicted molar refractivity (Wildman–Crippen MR) is 63.4 cm³/mol. The number of phenols is 1. The van der Waals surface area contributed by atoms with Crippen LogP contribution >= 0.6 is 15.9 Å². The minimum atomic E-state index is -0.0586. The molecule has 4 nitrogen and oxygen atoms in total. The van der Waals surface area contributed by atoms with Gasteiger partial charge in [-0.1, -0.05) is 15.9 Å². The fourth-order valence-electron chi connectivity index (χ4n) is 1.86. The lowest BCUT2D eigenvalue weighted by molar-refractivity contribution is -0.117. The maximum absolute atomic E-state index is 11.7. The van der Waals surface area contributed by atoms with Crippen LogP contribution in [0.5, 0.6) is 5.75 Å². The lowest BCUT2D eigenvalue weighted by Crippen LogP contribution is -2.24. The Kier molecular flexibility index (Phi) is 3.16. The summed E-state index contributed by atoms with van der Waals surface area (Å²) in [6, 6.07) is 5.01. The van der Waals surface area contributed by atoms with E-state index in [9.17, 15) is 9.90 Å². The van der Waals surface area contributed by atoms with Crippen molar-refractivity contribution in [1.82, 2.24) is 0 Å². The number of carbonyl (C=O) groups is 1. The van der Waals surface area contributed by atoms with Gasteiger partial charge in [-0.15, -0.1) is 0 Å². The molecular formula is C11H12BrNO3. The molecule has 1 atom stereocenters. The minimum Gasteiger partial charge on any atom is -0.506 e. The Labute approximate surface area is 102 Å². The molecule has 2 N–H and O–H groups in total. The number of halogens is 1. The van der Waals surface area contributed by atoms with Crippen molar-refractivity contribution in [2.75, 3.05) is 18.1 Å². The average molecular weight is 286 g/mol. The molecule has 16 heavy (non-hydrogen) atoms. The number of aliphatic hydroxyl groups excluding tert-OH is 1. The van der Waals surface area contributed by atoms with Gasteiger partial charge >= 0.3 is 0 Å². The summed E-state index contributed by atoms with van der Waals surface area (Å²) in [7, 11) is 0. The zero-order valence-corrected chi connectivity index (χ0v) is 10.1. The van der Waals surface area contributed by atoms with Gasteiger partial charge in [0.25, 0.3) is 0 Å². The van der Waals surface area contributed by atoms with Crippen LogP contribution in [0.1, 0.15) is 6.42 Å². The van der Waals surface area contributed by atoms with Gasteiger partial charge in [-0.25, -0.2) is 0 Å². The van der Waals surface area contributed by atoms with Crippen molar-refractivity contribution in [1.29, 1.82) is 0 Å². The second-order valence-electron chi connectivity index (χ2n) is 3.89. The Morgan fingerprint density at radius 1 is 1.50 bits per heavy atom. The van der Waals surface area contributed by atoms with E-state index in [0.717, 1.165) is 4.47 Å². The summed E-state index contributed by atoms with van der Waals surface area (Å²) in [5.74, 6) is -0.0199. The van der Waals surface area contributed by atoms with Gasteiger partial charge in [0.2, 0.25) is 5.91 Å². The van der Waals surface area contributed by atoms with Gasteiger partial charge < -0.3 is 15.1 Å². The predicted octanol–water partition coefficient (Wildman–Crippen LogP) is 1.50. The van der Waals surface area contributed by atoms with Gasteiger partial charge in [-0.2, -0.15) is 0 Å². The molecule has 1 unspecified atom stereocenters. The van der Waals surface area contributed by atoms with Crippen LogP contribution in [-0.2, 0) is 4.79 Å². The van der Waals surface area contributed by atoms with Crippen molar-refractivity contribution >= 4 is 27.5 Å². The molecule has 0 aliphatic carbocycles. The highest BCUT2D eigenvalue weighted by atomic mass is 79.9. The number of phenolic OH excluding ortho intramolecular Hbond substituents is 1. The molecule has 5 heteroatoms. The molecule has 0 spiro atoms. The van der Waals surface area contributed by atoms with E-state index in [1.54, 1.807) is 18.2 Å². The summed E-state index contributed by atoms with van der Waals surface area (Å²) in [5, 5.41) is 18.8. The molecule has 0 aromatic heterocycles. The number of carbonyl (C=O) groups excluding carboxylic acids is 1. The summed E-state index contributed by atoms with van der Waals surface area (Å²) < 4.78 is 0.763. The molecule has 86 valence electrons. The smallest absolute Gasteiger partial charge is 0.227 e. The second-order valence-corrected chi connectivity index (χ2v) is 4.81. The van der Waals surface area contributed by atoms with E-state index in [1.807, 2.05) is 0 Å². The Morgan fingerprint density at radius 2 is 2.25 bits per heavy atom. The standard InChI is InChI=1S/C11H12BrNO3/c12-8-1-2-9(10(15)4-8)13-5-7(6-14)3-11(13)16/h1-2,4,7,14-15H,3,5-6H2. The maximum atomic E-state index is 11.7. The lowest BCUT2D eigenvalue weighted by Gasteiger charge is -2.17. The quantitative estimate of drug-likeness (QED) is 0.866. The van der Waals surface area contributed by atoms with Crippen molar-refractivity contribution in [3.8, 4) is 5.75 Å². The van der Waals surface area contributed by atoms with E-state index in [2.05, 4.69) is 15.9 Å². The number of anilines is 1. The van der Waals surface area contributed by atoms with Gasteiger partial charge in [0.1, 0.15) is 5.75 Å². The molecule has 1 aliphatic rings. The number of benzene rings is 1. The Bertz CT molecular complexity index is 422. The third-order valence-electron chi connectivity index (χ3n) is 2.69.